The number of hydrogen-bond donors (Lipinski definition) is 1. The zero-order chi connectivity index (χ0) is 17.3. The molecule has 1 N–H and O–H groups in total. The van der Waals surface area contributed by atoms with Crippen molar-refractivity contribution in [1.82, 2.24) is 4.98 Å². The molecule has 1 aliphatic heterocycles. The van der Waals surface area contributed by atoms with Crippen molar-refractivity contribution in [2.24, 2.45) is 0 Å². The summed E-state index contributed by atoms with van der Waals surface area (Å²) < 4.78 is 25.0. The molecule has 0 bridgehead atoms. The summed E-state index contributed by atoms with van der Waals surface area (Å²) in [5, 5.41) is 2.74. The number of pyridine rings is 1. The molecule has 0 atom stereocenters. The second kappa shape index (κ2) is 6.31. The average molecular weight is 328 g/mol. The molecule has 0 fully saturated rings. The molecule has 1 aromatic heterocycles. The Morgan fingerprint density at radius 1 is 1.38 bits per heavy atom. The number of nitrogens with zero attached hydrogens (tertiary/aromatic N) is 1. The number of rotatable bonds is 4. The van der Waals surface area contributed by atoms with Crippen LogP contribution in [-0.4, -0.2) is 24.6 Å². The second-order valence-electron chi connectivity index (χ2n) is 5.25. The van der Waals surface area contributed by atoms with Gasteiger partial charge in [-0.2, -0.15) is 0 Å². The van der Waals surface area contributed by atoms with Crippen molar-refractivity contribution in [3.8, 4) is 17.0 Å². The summed E-state index contributed by atoms with van der Waals surface area (Å²) in [6.45, 7) is 4.04. The largest absolute Gasteiger partial charge is 0.498 e. The fourth-order valence-electron chi connectivity index (χ4n) is 2.77. The van der Waals surface area contributed by atoms with E-state index in [-0.39, 0.29) is 11.5 Å². The zero-order valence-electron chi connectivity index (χ0n) is 13.6. The van der Waals surface area contributed by atoms with Crippen LogP contribution in [0.5, 0.6) is 5.75 Å². The number of fused-ring (bicyclic) bond motifs is 1. The number of anilines is 1. The van der Waals surface area contributed by atoms with Gasteiger partial charge in [0.2, 0.25) is 0 Å². The summed E-state index contributed by atoms with van der Waals surface area (Å²) in [6, 6.07) is 6.25. The number of halogens is 1. The van der Waals surface area contributed by atoms with Crippen LogP contribution >= 0.6 is 0 Å². The summed E-state index contributed by atoms with van der Waals surface area (Å²) in [5.74, 6) is 0.208. The van der Waals surface area contributed by atoms with E-state index in [1.165, 1.54) is 19.4 Å². The lowest BCUT2D eigenvalue weighted by Gasteiger charge is -2.11. The summed E-state index contributed by atoms with van der Waals surface area (Å²) in [5.41, 5.74) is 2.30. The Bertz CT molecular complexity index is 846. The van der Waals surface area contributed by atoms with Crippen molar-refractivity contribution < 1.29 is 18.7 Å². The van der Waals surface area contributed by atoms with Crippen LogP contribution in [0.2, 0.25) is 0 Å². The summed E-state index contributed by atoms with van der Waals surface area (Å²) in [7, 11) is 1.47. The lowest BCUT2D eigenvalue weighted by Crippen LogP contribution is -2.06. The lowest BCUT2D eigenvalue weighted by atomic mass is 10.0. The molecule has 0 saturated carbocycles. The molecule has 0 radical (unpaired) electrons. The summed E-state index contributed by atoms with van der Waals surface area (Å²) in [6.07, 6.45) is 1.51. The highest BCUT2D eigenvalue weighted by Crippen LogP contribution is 2.38. The SMILES string of the molecule is CCO/C(C)=C1\C(=O)Nc2cnc(-c3c(F)cccc3OC)cc21. The maximum atomic E-state index is 14.3. The topological polar surface area (TPSA) is 60.5 Å². The van der Waals surface area contributed by atoms with Crippen LogP contribution in [0.15, 0.2) is 36.2 Å². The first-order valence-corrected chi connectivity index (χ1v) is 7.55. The zero-order valence-corrected chi connectivity index (χ0v) is 13.6. The highest BCUT2D eigenvalue weighted by atomic mass is 19.1. The Kier molecular flexibility index (Phi) is 4.20. The van der Waals surface area contributed by atoms with E-state index >= 15 is 0 Å². The van der Waals surface area contributed by atoms with Gasteiger partial charge in [0, 0.05) is 5.56 Å². The van der Waals surface area contributed by atoms with E-state index in [0.717, 1.165) is 0 Å². The molecule has 0 aliphatic carbocycles. The van der Waals surface area contributed by atoms with Gasteiger partial charge in [-0.15, -0.1) is 0 Å². The molecule has 1 aromatic carbocycles. The van der Waals surface area contributed by atoms with Crippen molar-refractivity contribution in [2.45, 2.75) is 13.8 Å². The third-order valence-corrected chi connectivity index (χ3v) is 3.81. The highest BCUT2D eigenvalue weighted by Gasteiger charge is 2.28. The van der Waals surface area contributed by atoms with Gasteiger partial charge in [-0.25, -0.2) is 4.39 Å². The molecule has 2 heterocycles. The Balaban J connectivity index is 2.17. The molecule has 5 nitrogen and oxygen atoms in total. The number of ether oxygens (including phenoxy) is 2. The number of benzene rings is 1. The molecule has 0 spiro atoms. The number of hydrogen-bond acceptors (Lipinski definition) is 4. The minimum atomic E-state index is -0.439. The normalized spacial score (nSPS) is 14.9. The molecule has 0 unspecified atom stereocenters. The Morgan fingerprint density at radius 2 is 2.17 bits per heavy atom. The maximum absolute atomic E-state index is 14.3. The van der Waals surface area contributed by atoms with Gasteiger partial charge >= 0.3 is 0 Å². The molecule has 3 rings (SSSR count). The number of aromatic nitrogens is 1. The van der Waals surface area contributed by atoms with E-state index in [2.05, 4.69) is 10.3 Å². The van der Waals surface area contributed by atoms with Gasteiger partial charge in [0.15, 0.2) is 0 Å². The minimum Gasteiger partial charge on any atom is -0.498 e. The average Bonchev–Trinajstić information content (AvgIpc) is 2.89. The molecule has 24 heavy (non-hydrogen) atoms. The van der Waals surface area contributed by atoms with Crippen molar-refractivity contribution in [1.29, 1.82) is 0 Å². The maximum Gasteiger partial charge on any atom is 0.259 e. The minimum absolute atomic E-state index is 0.254. The quantitative estimate of drug-likeness (QED) is 0.688. The van der Waals surface area contributed by atoms with Crippen LogP contribution in [0.3, 0.4) is 0 Å². The molecule has 0 saturated heterocycles. The Morgan fingerprint density at radius 3 is 2.88 bits per heavy atom. The smallest absolute Gasteiger partial charge is 0.259 e. The summed E-state index contributed by atoms with van der Waals surface area (Å²) in [4.78, 5) is 16.5. The molecular weight excluding hydrogens is 311 g/mol. The first-order valence-electron chi connectivity index (χ1n) is 7.55. The molecule has 1 aliphatic rings. The van der Waals surface area contributed by atoms with E-state index in [1.807, 2.05) is 6.92 Å². The number of methoxy groups -OCH3 is 1. The number of amides is 1. The van der Waals surface area contributed by atoms with E-state index in [4.69, 9.17) is 9.47 Å². The van der Waals surface area contributed by atoms with Gasteiger partial charge in [-0.3, -0.25) is 9.78 Å². The van der Waals surface area contributed by atoms with Gasteiger partial charge in [-0.1, -0.05) is 6.07 Å². The van der Waals surface area contributed by atoms with E-state index in [9.17, 15) is 9.18 Å². The van der Waals surface area contributed by atoms with Crippen LogP contribution in [0.25, 0.3) is 16.8 Å². The van der Waals surface area contributed by atoms with Crippen LogP contribution in [0.1, 0.15) is 19.4 Å². The van der Waals surface area contributed by atoms with Crippen molar-refractivity contribution in [2.75, 3.05) is 19.0 Å². The summed E-state index contributed by atoms with van der Waals surface area (Å²) >= 11 is 0. The predicted octanol–water partition coefficient (Wildman–Crippen LogP) is 3.62. The number of carbonyl (C=O) groups is 1. The van der Waals surface area contributed by atoms with Gasteiger partial charge in [0.25, 0.3) is 5.91 Å². The lowest BCUT2D eigenvalue weighted by molar-refractivity contribution is -0.111. The van der Waals surface area contributed by atoms with E-state index in [0.29, 0.717) is 40.6 Å². The number of carbonyl (C=O) groups excluding carboxylic acids is 1. The van der Waals surface area contributed by atoms with E-state index in [1.54, 1.807) is 25.1 Å². The molecule has 6 heteroatoms. The molecule has 124 valence electrons. The standard InChI is InChI=1S/C18H17FN2O3/c1-4-24-10(2)16-11-8-13(20-9-14(11)21-18(16)22)17-12(19)6-5-7-15(17)23-3/h5-9H,4H2,1-3H3,(H,21,22)/b16-10-. The van der Waals surface area contributed by atoms with Gasteiger partial charge in [0.05, 0.1) is 42.4 Å². The van der Waals surface area contributed by atoms with Gasteiger partial charge < -0.3 is 14.8 Å². The third-order valence-electron chi connectivity index (χ3n) is 3.81. The molecule has 1 amide bonds. The fraction of sp³-hybridized carbons (Fsp3) is 0.222. The van der Waals surface area contributed by atoms with Gasteiger partial charge in [-0.05, 0) is 32.0 Å². The first-order chi connectivity index (χ1) is 11.6. The fourth-order valence-corrected chi connectivity index (χ4v) is 2.77. The van der Waals surface area contributed by atoms with E-state index < -0.39 is 5.82 Å². The first kappa shape index (κ1) is 16.0. The number of nitrogens with one attached hydrogen (secondary N) is 1. The Hall–Kier alpha value is -2.89. The highest BCUT2D eigenvalue weighted by molar-refractivity contribution is 6.32. The molecular formula is C18H17FN2O3. The predicted molar refractivity (Wildman–Crippen MR) is 89.0 cm³/mol. The Labute approximate surface area is 139 Å². The van der Waals surface area contributed by atoms with Crippen LogP contribution in [-0.2, 0) is 9.53 Å². The van der Waals surface area contributed by atoms with Crippen LogP contribution < -0.4 is 10.1 Å². The van der Waals surface area contributed by atoms with Crippen molar-refractivity contribution in [3.63, 3.8) is 0 Å². The number of allylic oxidation sites excluding steroid dienone is 1. The van der Waals surface area contributed by atoms with Crippen LogP contribution in [0.4, 0.5) is 10.1 Å². The molecule has 2 aromatic rings. The van der Waals surface area contributed by atoms with Crippen molar-refractivity contribution >= 4 is 17.2 Å². The monoisotopic (exact) mass is 328 g/mol. The van der Waals surface area contributed by atoms with Crippen LogP contribution in [0, 0.1) is 5.82 Å². The van der Waals surface area contributed by atoms with Crippen molar-refractivity contribution in [3.05, 3.63) is 47.6 Å². The van der Waals surface area contributed by atoms with Gasteiger partial charge in [0.1, 0.15) is 17.3 Å². The third kappa shape index (κ3) is 2.60. The second-order valence-corrected chi connectivity index (χ2v) is 5.25.